The van der Waals surface area contributed by atoms with Crippen LogP contribution in [0.1, 0.15) is 12.1 Å². The van der Waals surface area contributed by atoms with Crippen LogP contribution in [-0.4, -0.2) is 51.1 Å². The third-order valence-electron chi connectivity index (χ3n) is 5.51. The molecular weight excluding hydrogens is 426 g/mol. The molecule has 1 saturated heterocycles. The molecule has 0 amide bonds. The van der Waals surface area contributed by atoms with E-state index in [0.29, 0.717) is 23.4 Å². The molecule has 3 aromatic heterocycles. The minimum absolute atomic E-state index is 0.506. The van der Waals surface area contributed by atoms with Crippen molar-refractivity contribution in [3.8, 4) is 11.5 Å². The lowest BCUT2D eigenvalue weighted by Crippen LogP contribution is -2.27. The number of aryl methyl sites for hydroxylation is 1. The van der Waals surface area contributed by atoms with Gasteiger partial charge in [-0.05, 0) is 68.4 Å². The average Bonchev–Trinajstić information content (AvgIpc) is 3.15. The van der Waals surface area contributed by atoms with Gasteiger partial charge in [0.15, 0.2) is 5.82 Å². The fraction of sp³-hybridized carbons (Fsp3) is 0.240. The van der Waals surface area contributed by atoms with Gasteiger partial charge in [0.1, 0.15) is 17.3 Å². The Morgan fingerprint density at radius 3 is 2.47 bits per heavy atom. The monoisotopic (exact) mass is 453 g/mol. The average molecular weight is 454 g/mol. The third-order valence-corrected chi connectivity index (χ3v) is 5.51. The Morgan fingerprint density at radius 1 is 0.794 bits per heavy atom. The first-order valence-electron chi connectivity index (χ1n) is 11.4. The lowest BCUT2D eigenvalue weighted by molar-refractivity contribution is 0.724. The molecule has 34 heavy (non-hydrogen) atoms. The maximum absolute atomic E-state index is 4.58. The summed E-state index contributed by atoms with van der Waals surface area (Å²) < 4.78 is 0. The summed E-state index contributed by atoms with van der Waals surface area (Å²) in [6.45, 7) is 6.14. The summed E-state index contributed by atoms with van der Waals surface area (Å²) in [6.07, 6.45) is 4.57. The minimum atomic E-state index is 0.506. The highest BCUT2D eigenvalue weighted by atomic mass is 15.2. The van der Waals surface area contributed by atoms with E-state index >= 15 is 0 Å². The van der Waals surface area contributed by atoms with Crippen LogP contribution >= 0.6 is 0 Å². The molecule has 4 aromatic rings. The van der Waals surface area contributed by atoms with E-state index in [1.807, 2.05) is 25.1 Å². The molecule has 5 rings (SSSR count). The van der Waals surface area contributed by atoms with Gasteiger partial charge in [-0.1, -0.05) is 6.07 Å². The van der Waals surface area contributed by atoms with Gasteiger partial charge in [-0.25, -0.2) is 19.9 Å². The van der Waals surface area contributed by atoms with Crippen molar-refractivity contribution in [2.24, 2.45) is 0 Å². The van der Waals surface area contributed by atoms with E-state index in [0.717, 1.165) is 49.7 Å². The Bertz CT molecular complexity index is 1240. The molecule has 0 atom stereocenters. The zero-order valence-electron chi connectivity index (χ0n) is 19.1. The van der Waals surface area contributed by atoms with Gasteiger partial charge in [0, 0.05) is 49.1 Å². The van der Waals surface area contributed by atoms with Gasteiger partial charge in [-0.3, -0.25) is 0 Å². The van der Waals surface area contributed by atoms with Crippen LogP contribution in [0.5, 0.6) is 0 Å². The second-order valence-corrected chi connectivity index (χ2v) is 8.08. The second-order valence-electron chi connectivity index (χ2n) is 8.08. The van der Waals surface area contributed by atoms with Gasteiger partial charge in [-0.2, -0.15) is 4.98 Å². The predicted molar refractivity (Wildman–Crippen MR) is 135 cm³/mol. The molecule has 0 unspecified atom stereocenters. The molecule has 0 saturated carbocycles. The Kier molecular flexibility index (Phi) is 6.53. The van der Waals surface area contributed by atoms with Gasteiger partial charge in [0.05, 0.1) is 0 Å². The van der Waals surface area contributed by atoms with Crippen molar-refractivity contribution in [3.05, 3.63) is 72.7 Å². The van der Waals surface area contributed by atoms with Crippen molar-refractivity contribution in [1.82, 2.24) is 30.2 Å². The lowest BCUT2D eigenvalue weighted by Gasteiger charge is -2.22. The summed E-state index contributed by atoms with van der Waals surface area (Å²) in [6, 6.07) is 17.8. The molecule has 1 aliphatic heterocycles. The Labute approximate surface area is 198 Å². The van der Waals surface area contributed by atoms with E-state index in [4.69, 9.17) is 0 Å². The number of hydrogen-bond donors (Lipinski definition) is 3. The van der Waals surface area contributed by atoms with Gasteiger partial charge < -0.3 is 20.9 Å². The molecule has 4 heterocycles. The zero-order chi connectivity index (χ0) is 23.2. The fourth-order valence-corrected chi connectivity index (χ4v) is 3.83. The topological polar surface area (TPSA) is 104 Å². The maximum Gasteiger partial charge on any atom is 0.229 e. The van der Waals surface area contributed by atoms with Crippen LogP contribution in [-0.2, 0) is 0 Å². The summed E-state index contributed by atoms with van der Waals surface area (Å²) in [5.74, 6) is 2.33. The number of nitrogens with zero attached hydrogens (tertiary/aromatic N) is 6. The summed E-state index contributed by atoms with van der Waals surface area (Å²) >= 11 is 0. The van der Waals surface area contributed by atoms with Crippen molar-refractivity contribution >= 4 is 29.0 Å². The SMILES string of the molecule is Cc1cccc(-c2nccc(Nc3ccnc(Nc4ccc(N5CCCNCC5)cc4)n3)n2)n1. The van der Waals surface area contributed by atoms with E-state index in [1.165, 1.54) is 5.69 Å². The molecular formula is C25H27N9. The van der Waals surface area contributed by atoms with Crippen molar-refractivity contribution in [2.75, 3.05) is 41.7 Å². The number of anilines is 5. The fourth-order valence-electron chi connectivity index (χ4n) is 3.83. The first-order chi connectivity index (χ1) is 16.7. The molecule has 1 aromatic carbocycles. The first kappa shape index (κ1) is 21.7. The largest absolute Gasteiger partial charge is 0.370 e. The third kappa shape index (κ3) is 5.44. The summed E-state index contributed by atoms with van der Waals surface area (Å²) in [7, 11) is 0. The number of nitrogens with one attached hydrogen (secondary N) is 3. The van der Waals surface area contributed by atoms with Crippen molar-refractivity contribution < 1.29 is 0 Å². The highest BCUT2D eigenvalue weighted by Crippen LogP contribution is 2.22. The standard InChI is InChI=1S/C25H27N9/c1-18-4-2-5-21(29-18)24-27-13-10-22(32-24)31-23-11-14-28-25(33-23)30-19-6-8-20(9-7-19)34-16-3-12-26-15-17-34/h2,4-11,13-14,26H,3,12,15-17H2,1H3,(H2,27,28,30,31,32,33). The first-order valence-corrected chi connectivity index (χ1v) is 11.4. The maximum atomic E-state index is 4.58. The molecule has 0 bridgehead atoms. The quantitative estimate of drug-likeness (QED) is 0.401. The molecule has 9 heteroatoms. The smallest absolute Gasteiger partial charge is 0.229 e. The van der Waals surface area contributed by atoms with E-state index in [1.54, 1.807) is 24.5 Å². The van der Waals surface area contributed by atoms with Crippen LogP contribution in [0, 0.1) is 6.92 Å². The minimum Gasteiger partial charge on any atom is -0.370 e. The van der Waals surface area contributed by atoms with E-state index in [-0.39, 0.29) is 0 Å². The zero-order valence-corrected chi connectivity index (χ0v) is 19.1. The van der Waals surface area contributed by atoms with Gasteiger partial charge in [0.2, 0.25) is 5.95 Å². The van der Waals surface area contributed by atoms with Crippen molar-refractivity contribution in [1.29, 1.82) is 0 Å². The van der Waals surface area contributed by atoms with Gasteiger partial charge >= 0.3 is 0 Å². The van der Waals surface area contributed by atoms with Crippen molar-refractivity contribution in [3.63, 3.8) is 0 Å². The summed E-state index contributed by atoms with van der Waals surface area (Å²) in [4.78, 5) is 24.8. The molecule has 3 N–H and O–H groups in total. The molecule has 9 nitrogen and oxygen atoms in total. The van der Waals surface area contributed by atoms with Crippen LogP contribution in [0.3, 0.4) is 0 Å². The van der Waals surface area contributed by atoms with Gasteiger partial charge in [0.25, 0.3) is 0 Å². The summed E-state index contributed by atoms with van der Waals surface area (Å²) in [5.41, 5.74) is 3.81. The molecule has 1 aliphatic rings. The Morgan fingerprint density at radius 2 is 1.62 bits per heavy atom. The van der Waals surface area contributed by atoms with Crippen LogP contribution in [0.2, 0.25) is 0 Å². The number of aromatic nitrogens is 5. The Balaban J connectivity index is 1.26. The lowest BCUT2D eigenvalue weighted by atomic mass is 10.2. The van der Waals surface area contributed by atoms with Crippen LogP contribution < -0.4 is 20.9 Å². The number of rotatable bonds is 6. The predicted octanol–water partition coefficient (Wildman–Crippen LogP) is 3.92. The van der Waals surface area contributed by atoms with E-state index in [9.17, 15) is 0 Å². The molecule has 172 valence electrons. The highest BCUT2D eigenvalue weighted by Gasteiger charge is 2.10. The van der Waals surface area contributed by atoms with Crippen LogP contribution in [0.15, 0.2) is 67.0 Å². The van der Waals surface area contributed by atoms with Gasteiger partial charge in [-0.15, -0.1) is 0 Å². The van der Waals surface area contributed by atoms with E-state index in [2.05, 4.69) is 70.0 Å². The summed E-state index contributed by atoms with van der Waals surface area (Å²) in [5, 5.41) is 9.95. The second kappa shape index (κ2) is 10.2. The van der Waals surface area contributed by atoms with Crippen LogP contribution in [0.4, 0.5) is 29.0 Å². The molecule has 0 radical (unpaired) electrons. The van der Waals surface area contributed by atoms with Crippen LogP contribution in [0.25, 0.3) is 11.5 Å². The van der Waals surface area contributed by atoms with E-state index < -0.39 is 0 Å². The number of hydrogen-bond acceptors (Lipinski definition) is 9. The van der Waals surface area contributed by atoms with Crippen molar-refractivity contribution in [2.45, 2.75) is 13.3 Å². The Hall–Kier alpha value is -4.11. The molecule has 0 aliphatic carbocycles. The number of pyridine rings is 1. The normalized spacial score (nSPS) is 13.9. The number of benzene rings is 1. The molecule has 1 fully saturated rings. The molecule has 0 spiro atoms. The highest BCUT2D eigenvalue weighted by molar-refractivity contribution is 5.61.